The number of aromatic nitrogens is 4. The molecule has 0 bridgehead atoms. The monoisotopic (exact) mass is 304 g/mol. The van der Waals surface area contributed by atoms with Crippen LogP contribution in [0, 0.1) is 0 Å². The molecular formula is C14H13ClN4O2. The van der Waals surface area contributed by atoms with Gasteiger partial charge in [0.05, 0.1) is 27.1 Å². The standard InChI is InChI=1S/C14H13ClN4O2/c1-20-10-4-3-9(5-11(10)21-2)6-19-8-18-12-13(15)16-7-17-14(12)19/h3-5,7-8H,6H2,1-2H3. The average Bonchev–Trinajstić information content (AvgIpc) is 2.92. The largest absolute Gasteiger partial charge is 0.493 e. The van der Waals surface area contributed by atoms with E-state index < -0.39 is 0 Å². The number of hydrogen-bond donors (Lipinski definition) is 0. The summed E-state index contributed by atoms with van der Waals surface area (Å²) in [5, 5.41) is 0.353. The molecule has 0 amide bonds. The first-order chi connectivity index (χ1) is 10.2. The van der Waals surface area contributed by atoms with Crippen molar-refractivity contribution in [1.82, 2.24) is 19.5 Å². The Labute approximate surface area is 126 Å². The summed E-state index contributed by atoms with van der Waals surface area (Å²) in [5.41, 5.74) is 2.34. The zero-order valence-corrected chi connectivity index (χ0v) is 12.3. The summed E-state index contributed by atoms with van der Waals surface area (Å²) in [7, 11) is 3.22. The fourth-order valence-electron chi connectivity index (χ4n) is 2.14. The Bertz CT molecular complexity index is 788. The number of fused-ring (bicyclic) bond motifs is 1. The summed E-state index contributed by atoms with van der Waals surface area (Å²) in [5.74, 6) is 1.38. The molecule has 0 saturated carbocycles. The molecule has 2 aromatic heterocycles. The average molecular weight is 305 g/mol. The first-order valence-electron chi connectivity index (χ1n) is 6.25. The van der Waals surface area contributed by atoms with E-state index in [4.69, 9.17) is 21.1 Å². The highest BCUT2D eigenvalue weighted by atomic mass is 35.5. The Morgan fingerprint density at radius 3 is 2.67 bits per heavy atom. The van der Waals surface area contributed by atoms with Gasteiger partial charge in [-0.1, -0.05) is 17.7 Å². The van der Waals surface area contributed by atoms with E-state index in [1.165, 1.54) is 6.33 Å². The zero-order valence-electron chi connectivity index (χ0n) is 11.6. The maximum Gasteiger partial charge on any atom is 0.165 e. The van der Waals surface area contributed by atoms with Crippen LogP contribution in [0.5, 0.6) is 11.5 Å². The van der Waals surface area contributed by atoms with Crippen molar-refractivity contribution in [2.24, 2.45) is 0 Å². The van der Waals surface area contributed by atoms with Gasteiger partial charge in [0.2, 0.25) is 0 Å². The molecule has 0 radical (unpaired) electrons. The second-order valence-corrected chi connectivity index (χ2v) is 4.76. The normalized spacial score (nSPS) is 10.8. The molecule has 0 N–H and O–H groups in total. The van der Waals surface area contributed by atoms with E-state index in [-0.39, 0.29) is 0 Å². The highest BCUT2D eigenvalue weighted by Gasteiger charge is 2.10. The van der Waals surface area contributed by atoms with Crippen LogP contribution in [-0.4, -0.2) is 33.7 Å². The SMILES string of the molecule is COc1ccc(Cn2cnc3c(Cl)ncnc32)cc1OC. The van der Waals surface area contributed by atoms with E-state index in [1.807, 2.05) is 22.8 Å². The summed E-state index contributed by atoms with van der Waals surface area (Å²) >= 11 is 6.00. The summed E-state index contributed by atoms with van der Waals surface area (Å²) in [6, 6.07) is 5.76. The quantitative estimate of drug-likeness (QED) is 0.693. The van der Waals surface area contributed by atoms with Crippen molar-refractivity contribution in [1.29, 1.82) is 0 Å². The van der Waals surface area contributed by atoms with E-state index in [1.54, 1.807) is 20.5 Å². The first kappa shape index (κ1) is 13.6. The number of imidazole rings is 1. The van der Waals surface area contributed by atoms with Gasteiger partial charge in [0.1, 0.15) is 11.8 Å². The van der Waals surface area contributed by atoms with Gasteiger partial charge in [-0.15, -0.1) is 0 Å². The summed E-state index contributed by atoms with van der Waals surface area (Å²) < 4.78 is 12.4. The topological polar surface area (TPSA) is 62.1 Å². The molecule has 0 fully saturated rings. The van der Waals surface area contributed by atoms with Crippen molar-refractivity contribution in [3.63, 3.8) is 0 Å². The summed E-state index contributed by atoms with van der Waals surface area (Å²) in [6.07, 6.45) is 3.12. The Kier molecular flexibility index (Phi) is 3.62. The van der Waals surface area contributed by atoms with Crippen molar-refractivity contribution in [3.05, 3.63) is 41.6 Å². The fraction of sp³-hybridized carbons (Fsp3) is 0.214. The molecule has 21 heavy (non-hydrogen) atoms. The number of nitrogens with zero attached hydrogens (tertiary/aromatic N) is 4. The Balaban J connectivity index is 1.97. The third kappa shape index (κ3) is 2.50. The molecule has 3 aromatic rings. The van der Waals surface area contributed by atoms with Crippen LogP contribution < -0.4 is 9.47 Å². The first-order valence-corrected chi connectivity index (χ1v) is 6.63. The molecule has 3 rings (SSSR count). The molecule has 1 aromatic carbocycles. The van der Waals surface area contributed by atoms with Gasteiger partial charge < -0.3 is 14.0 Å². The molecule has 0 unspecified atom stereocenters. The zero-order chi connectivity index (χ0) is 14.8. The predicted molar refractivity (Wildman–Crippen MR) is 79.0 cm³/mol. The maximum atomic E-state index is 6.00. The van der Waals surface area contributed by atoms with Gasteiger partial charge in [-0.2, -0.15) is 0 Å². The van der Waals surface area contributed by atoms with E-state index >= 15 is 0 Å². The number of ether oxygens (including phenoxy) is 2. The van der Waals surface area contributed by atoms with Crippen LogP contribution in [-0.2, 0) is 6.54 Å². The molecule has 108 valence electrons. The van der Waals surface area contributed by atoms with Crippen molar-refractivity contribution in [2.75, 3.05) is 14.2 Å². The Hall–Kier alpha value is -2.34. The fourth-order valence-corrected chi connectivity index (χ4v) is 2.32. The van der Waals surface area contributed by atoms with Crippen LogP contribution in [0.2, 0.25) is 5.15 Å². The molecule has 2 heterocycles. The molecule has 0 aliphatic heterocycles. The van der Waals surface area contributed by atoms with Crippen LogP contribution in [0.25, 0.3) is 11.2 Å². The van der Waals surface area contributed by atoms with E-state index in [2.05, 4.69) is 15.0 Å². The molecule has 0 saturated heterocycles. The Morgan fingerprint density at radius 2 is 1.90 bits per heavy atom. The molecule has 0 spiro atoms. The van der Waals surface area contributed by atoms with Gasteiger partial charge in [-0.25, -0.2) is 15.0 Å². The second kappa shape index (κ2) is 5.57. The maximum absolute atomic E-state index is 6.00. The smallest absolute Gasteiger partial charge is 0.165 e. The predicted octanol–water partition coefficient (Wildman–Crippen LogP) is 2.55. The number of benzene rings is 1. The van der Waals surface area contributed by atoms with Gasteiger partial charge in [-0.05, 0) is 17.7 Å². The van der Waals surface area contributed by atoms with E-state index in [0.29, 0.717) is 34.4 Å². The molecular weight excluding hydrogens is 292 g/mol. The minimum Gasteiger partial charge on any atom is -0.493 e. The van der Waals surface area contributed by atoms with Crippen molar-refractivity contribution in [2.45, 2.75) is 6.54 Å². The van der Waals surface area contributed by atoms with Crippen LogP contribution in [0.1, 0.15) is 5.56 Å². The van der Waals surface area contributed by atoms with E-state index in [9.17, 15) is 0 Å². The molecule has 6 nitrogen and oxygen atoms in total. The van der Waals surface area contributed by atoms with Gasteiger partial charge in [0.15, 0.2) is 22.3 Å². The highest BCUT2D eigenvalue weighted by molar-refractivity contribution is 6.33. The highest BCUT2D eigenvalue weighted by Crippen LogP contribution is 2.28. The Morgan fingerprint density at radius 1 is 1.10 bits per heavy atom. The molecule has 7 heteroatoms. The van der Waals surface area contributed by atoms with Crippen LogP contribution in [0.3, 0.4) is 0 Å². The third-order valence-corrected chi connectivity index (χ3v) is 3.43. The van der Waals surface area contributed by atoms with Gasteiger partial charge in [0.25, 0.3) is 0 Å². The third-order valence-electron chi connectivity index (χ3n) is 3.16. The number of halogens is 1. The summed E-state index contributed by atoms with van der Waals surface area (Å²) in [6.45, 7) is 0.601. The second-order valence-electron chi connectivity index (χ2n) is 4.40. The lowest BCUT2D eigenvalue weighted by Crippen LogP contribution is -2.00. The lowest BCUT2D eigenvalue weighted by molar-refractivity contribution is 0.354. The minimum atomic E-state index is 0.353. The van der Waals surface area contributed by atoms with Gasteiger partial charge in [0, 0.05) is 0 Å². The molecule has 0 atom stereocenters. The lowest BCUT2D eigenvalue weighted by atomic mass is 10.2. The van der Waals surface area contributed by atoms with Crippen LogP contribution in [0.4, 0.5) is 0 Å². The van der Waals surface area contributed by atoms with Gasteiger partial charge >= 0.3 is 0 Å². The molecule has 0 aliphatic rings. The van der Waals surface area contributed by atoms with Crippen molar-refractivity contribution < 1.29 is 9.47 Å². The van der Waals surface area contributed by atoms with Crippen LogP contribution in [0.15, 0.2) is 30.9 Å². The van der Waals surface area contributed by atoms with Gasteiger partial charge in [-0.3, -0.25) is 0 Å². The summed E-state index contributed by atoms with van der Waals surface area (Å²) in [4.78, 5) is 12.4. The lowest BCUT2D eigenvalue weighted by Gasteiger charge is -2.10. The number of rotatable bonds is 4. The van der Waals surface area contributed by atoms with E-state index in [0.717, 1.165) is 5.56 Å². The van der Waals surface area contributed by atoms with Crippen molar-refractivity contribution >= 4 is 22.8 Å². The van der Waals surface area contributed by atoms with Crippen molar-refractivity contribution in [3.8, 4) is 11.5 Å². The number of methoxy groups -OCH3 is 2. The molecule has 0 aliphatic carbocycles. The number of hydrogen-bond acceptors (Lipinski definition) is 5. The van der Waals surface area contributed by atoms with Crippen LogP contribution >= 0.6 is 11.6 Å². The minimum absolute atomic E-state index is 0.353.